The molecule has 9 heteroatoms. The van der Waals surface area contributed by atoms with E-state index >= 15 is 0 Å². The van der Waals surface area contributed by atoms with E-state index < -0.39 is 0 Å². The quantitative estimate of drug-likeness (QED) is 0.567. The van der Waals surface area contributed by atoms with Crippen molar-refractivity contribution in [3.63, 3.8) is 0 Å². The molecule has 1 saturated heterocycles. The molecular weight excluding hydrogens is 420 g/mol. The molecule has 9 nitrogen and oxygen atoms in total. The smallest absolute Gasteiger partial charge is 0.269 e. The van der Waals surface area contributed by atoms with E-state index in [1.54, 1.807) is 25.5 Å². The number of ether oxygens (including phenoxy) is 1. The molecule has 0 saturated carbocycles. The molecule has 2 amide bonds. The maximum Gasteiger partial charge on any atom is 0.269 e. The second-order valence-electron chi connectivity index (χ2n) is 7.65. The van der Waals surface area contributed by atoms with Gasteiger partial charge in [0, 0.05) is 38.1 Å². The fourth-order valence-corrected chi connectivity index (χ4v) is 3.58. The molecule has 0 aliphatic carbocycles. The van der Waals surface area contributed by atoms with Crippen molar-refractivity contribution in [1.82, 2.24) is 30.5 Å². The first-order valence-corrected chi connectivity index (χ1v) is 10.8. The first-order chi connectivity index (χ1) is 16.1. The van der Waals surface area contributed by atoms with Crippen LogP contribution >= 0.6 is 0 Å². The summed E-state index contributed by atoms with van der Waals surface area (Å²) in [6.07, 6.45) is 3.11. The lowest BCUT2D eigenvalue weighted by Gasteiger charge is -2.32. The number of pyridine rings is 3. The highest BCUT2D eigenvalue weighted by Crippen LogP contribution is 2.24. The molecule has 2 N–H and O–H groups in total. The maximum atomic E-state index is 12.4. The van der Waals surface area contributed by atoms with Crippen molar-refractivity contribution in [3.05, 3.63) is 78.0 Å². The Morgan fingerprint density at radius 2 is 2.03 bits per heavy atom. The van der Waals surface area contributed by atoms with Gasteiger partial charge in [-0.2, -0.15) is 0 Å². The number of hydrogen-bond donors (Lipinski definition) is 2. The van der Waals surface area contributed by atoms with Gasteiger partial charge < -0.3 is 15.4 Å². The monoisotopic (exact) mass is 446 g/mol. The van der Waals surface area contributed by atoms with Crippen LogP contribution in [0.25, 0.3) is 11.3 Å². The number of rotatable bonds is 7. The minimum absolute atomic E-state index is 0.0507. The molecule has 4 rings (SSSR count). The molecule has 3 aromatic heterocycles. The van der Waals surface area contributed by atoms with Gasteiger partial charge in [-0.3, -0.25) is 24.5 Å². The maximum absolute atomic E-state index is 12.4. The highest BCUT2D eigenvalue weighted by molar-refractivity contribution is 5.92. The molecule has 1 fully saturated rings. The van der Waals surface area contributed by atoms with E-state index in [1.165, 1.54) is 0 Å². The minimum atomic E-state index is -0.236. The minimum Gasteiger partial charge on any atom is -0.369 e. The second-order valence-corrected chi connectivity index (χ2v) is 7.65. The summed E-state index contributed by atoms with van der Waals surface area (Å²) in [6, 6.07) is 14.9. The molecule has 1 aliphatic rings. The first-order valence-electron chi connectivity index (χ1n) is 10.8. The summed E-state index contributed by atoms with van der Waals surface area (Å²) in [5.41, 5.74) is 3.53. The lowest BCUT2D eigenvalue weighted by Crippen LogP contribution is -2.44. The Labute approximate surface area is 192 Å². The number of carbonyl (C=O) groups is 2. The van der Waals surface area contributed by atoms with E-state index in [1.807, 2.05) is 42.5 Å². The van der Waals surface area contributed by atoms with Crippen LogP contribution < -0.4 is 10.6 Å². The topological polar surface area (TPSA) is 109 Å². The zero-order valence-corrected chi connectivity index (χ0v) is 18.4. The van der Waals surface area contributed by atoms with Crippen LogP contribution in [0.2, 0.25) is 0 Å². The van der Waals surface area contributed by atoms with E-state index in [9.17, 15) is 9.59 Å². The number of carbonyl (C=O) groups excluding carboxylic acids is 2. The molecule has 0 bridgehead atoms. The predicted molar refractivity (Wildman–Crippen MR) is 122 cm³/mol. The van der Waals surface area contributed by atoms with Gasteiger partial charge >= 0.3 is 0 Å². The SMILES string of the molecule is CNC(=O)c1ccc(-c2cccc([C@@H]3CN(CC(=O)NCc4ccccn4)CCO3)n2)cn1. The Kier molecular flexibility index (Phi) is 7.33. The van der Waals surface area contributed by atoms with E-state index in [2.05, 4.69) is 25.5 Å². The second kappa shape index (κ2) is 10.8. The molecular formula is C24H26N6O3. The van der Waals surface area contributed by atoms with Crippen molar-refractivity contribution in [1.29, 1.82) is 0 Å². The van der Waals surface area contributed by atoms with Crippen LogP contribution in [0.1, 0.15) is 28.0 Å². The van der Waals surface area contributed by atoms with Crippen molar-refractivity contribution in [2.24, 2.45) is 0 Å². The van der Waals surface area contributed by atoms with Crippen LogP contribution in [0.3, 0.4) is 0 Å². The average molecular weight is 447 g/mol. The lowest BCUT2D eigenvalue weighted by atomic mass is 10.1. The molecule has 4 heterocycles. The summed E-state index contributed by atoms with van der Waals surface area (Å²) in [6.45, 7) is 2.47. The van der Waals surface area contributed by atoms with Gasteiger partial charge in [-0.05, 0) is 36.4 Å². The van der Waals surface area contributed by atoms with Crippen molar-refractivity contribution in [3.8, 4) is 11.3 Å². The Bertz CT molecular complexity index is 1090. The van der Waals surface area contributed by atoms with Crippen LogP contribution in [-0.4, -0.2) is 65.0 Å². The molecule has 1 atom stereocenters. The molecule has 0 aromatic carbocycles. The third-order valence-corrected chi connectivity index (χ3v) is 5.33. The number of nitrogens with one attached hydrogen (secondary N) is 2. The average Bonchev–Trinajstić information content (AvgIpc) is 2.88. The van der Waals surface area contributed by atoms with E-state index in [0.717, 1.165) is 22.6 Å². The van der Waals surface area contributed by atoms with Crippen LogP contribution in [-0.2, 0) is 16.1 Å². The third kappa shape index (κ3) is 5.97. The predicted octanol–water partition coefficient (Wildman–Crippen LogP) is 1.59. The van der Waals surface area contributed by atoms with Crippen LogP contribution in [0.5, 0.6) is 0 Å². The van der Waals surface area contributed by atoms with Gasteiger partial charge in [-0.15, -0.1) is 0 Å². The number of nitrogens with zero attached hydrogens (tertiary/aromatic N) is 4. The normalized spacial score (nSPS) is 16.2. The first kappa shape index (κ1) is 22.5. The number of aromatic nitrogens is 3. The Balaban J connectivity index is 1.37. The summed E-state index contributed by atoms with van der Waals surface area (Å²) >= 11 is 0. The number of hydrogen-bond acceptors (Lipinski definition) is 7. The molecule has 170 valence electrons. The van der Waals surface area contributed by atoms with Crippen molar-refractivity contribution in [2.75, 3.05) is 33.3 Å². The summed E-state index contributed by atoms with van der Waals surface area (Å²) < 4.78 is 5.95. The lowest BCUT2D eigenvalue weighted by molar-refractivity contribution is -0.124. The summed E-state index contributed by atoms with van der Waals surface area (Å²) in [5, 5.41) is 5.47. The van der Waals surface area contributed by atoms with Gasteiger partial charge in [0.1, 0.15) is 11.8 Å². The van der Waals surface area contributed by atoms with E-state index in [4.69, 9.17) is 9.72 Å². The Morgan fingerprint density at radius 1 is 1.12 bits per heavy atom. The van der Waals surface area contributed by atoms with Gasteiger partial charge in [0.15, 0.2) is 0 Å². The van der Waals surface area contributed by atoms with Crippen LogP contribution in [0.4, 0.5) is 0 Å². The van der Waals surface area contributed by atoms with E-state index in [0.29, 0.717) is 31.9 Å². The highest BCUT2D eigenvalue weighted by Gasteiger charge is 2.24. The van der Waals surface area contributed by atoms with E-state index in [-0.39, 0.29) is 24.5 Å². The largest absolute Gasteiger partial charge is 0.369 e. The van der Waals surface area contributed by atoms with Gasteiger partial charge in [-0.1, -0.05) is 12.1 Å². The molecule has 3 aromatic rings. The fraction of sp³-hybridized carbons (Fsp3) is 0.292. The molecule has 0 spiro atoms. The van der Waals surface area contributed by atoms with Crippen molar-refractivity contribution in [2.45, 2.75) is 12.6 Å². The van der Waals surface area contributed by atoms with Gasteiger partial charge in [0.05, 0.1) is 36.8 Å². The highest BCUT2D eigenvalue weighted by atomic mass is 16.5. The van der Waals surface area contributed by atoms with Crippen molar-refractivity contribution < 1.29 is 14.3 Å². The van der Waals surface area contributed by atoms with Gasteiger partial charge in [-0.25, -0.2) is 4.98 Å². The fourth-order valence-electron chi connectivity index (χ4n) is 3.58. The Hall–Kier alpha value is -3.69. The summed E-state index contributed by atoms with van der Waals surface area (Å²) in [4.78, 5) is 39.3. The molecule has 0 radical (unpaired) electrons. The molecule has 0 unspecified atom stereocenters. The van der Waals surface area contributed by atoms with Gasteiger partial charge in [0.25, 0.3) is 5.91 Å². The molecule has 33 heavy (non-hydrogen) atoms. The zero-order valence-electron chi connectivity index (χ0n) is 18.4. The number of amides is 2. The van der Waals surface area contributed by atoms with Gasteiger partial charge in [0.2, 0.25) is 5.91 Å². The standard InChI is InChI=1S/C24H26N6O3/c1-25-24(32)21-9-8-17(13-27-21)19-6-4-7-20(29-19)22-15-30(11-12-33-22)16-23(31)28-14-18-5-2-3-10-26-18/h2-10,13,22H,11-12,14-16H2,1H3,(H,25,32)(H,28,31)/t22-/m0/s1. The van der Waals surface area contributed by atoms with Crippen LogP contribution in [0, 0.1) is 0 Å². The third-order valence-electron chi connectivity index (χ3n) is 5.33. The van der Waals surface area contributed by atoms with Crippen molar-refractivity contribution >= 4 is 11.8 Å². The Morgan fingerprint density at radius 3 is 2.79 bits per heavy atom. The molecule has 1 aliphatic heterocycles. The summed E-state index contributed by atoms with van der Waals surface area (Å²) in [7, 11) is 1.57. The summed E-state index contributed by atoms with van der Waals surface area (Å²) in [5.74, 6) is -0.284. The number of morpholine rings is 1. The van der Waals surface area contributed by atoms with Crippen LogP contribution in [0.15, 0.2) is 60.9 Å². The zero-order chi connectivity index (χ0) is 23.0.